The van der Waals surface area contributed by atoms with Crippen LogP contribution in [0.5, 0.6) is 0 Å². The highest BCUT2D eigenvalue weighted by molar-refractivity contribution is 7.89. The zero-order valence-electron chi connectivity index (χ0n) is 8.82. The second-order valence-corrected chi connectivity index (χ2v) is 5.80. The van der Waals surface area contributed by atoms with E-state index in [1.807, 2.05) is 6.92 Å². The summed E-state index contributed by atoms with van der Waals surface area (Å²) in [5, 5.41) is 0. The van der Waals surface area contributed by atoms with Gasteiger partial charge in [-0.1, -0.05) is 0 Å². The largest absolute Gasteiger partial charge is 0.381 e. The van der Waals surface area contributed by atoms with Crippen LogP contribution in [-0.2, 0) is 14.8 Å². The number of rotatable bonds is 4. The van der Waals surface area contributed by atoms with Gasteiger partial charge in [0, 0.05) is 19.3 Å². The van der Waals surface area contributed by atoms with Crippen molar-refractivity contribution in [3.63, 3.8) is 0 Å². The summed E-state index contributed by atoms with van der Waals surface area (Å²) in [4.78, 5) is 0. The van der Waals surface area contributed by atoms with E-state index < -0.39 is 10.0 Å². The number of hydrogen-bond donors (Lipinski definition) is 1. The van der Waals surface area contributed by atoms with Gasteiger partial charge in [0.1, 0.15) is 0 Å². The van der Waals surface area contributed by atoms with E-state index in [4.69, 9.17) is 4.74 Å². The summed E-state index contributed by atoms with van der Waals surface area (Å²) in [5.41, 5.74) is 0. The zero-order chi connectivity index (χ0) is 10.6. The van der Waals surface area contributed by atoms with Gasteiger partial charge in [-0.3, -0.25) is 0 Å². The highest BCUT2D eigenvalue weighted by atomic mass is 32.2. The van der Waals surface area contributed by atoms with Crippen LogP contribution in [0.15, 0.2) is 0 Å². The van der Waals surface area contributed by atoms with Gasteiger partial charge in [0.25, 0.3) is 0 Å². The van der Waals surface area contributed by atoms with Crippen LogP contribution in [0.1, 0.15) is 26.7 Å². The van der Waals surface area contributed by atoms with Crippen molar-refractivity contribution in [3.8, 4) is 0 Å². The summed E-state index contributed by atoms with van der Waals surface area (Å²) in [7, 11) is -3.06. The van der Waals surface area contributed by atoms with E-state index in [9.17, 15) is 8.42 Å². The van der Waals surface area contributed by atoms with Crippen LogP contribution in [0.4, 0.5) is 0 Å². The second kappa shape index (κ2) is 5.09. The summed E-state index contributed by atoms with van der Waals surface area (Å²) in [6.45, 7) is 5.09. The number of sulfonamides is 1. The van der Waals surface area contributed by atoms with Gasteiger partial charge in [0.05, 0.1) is 5.75 Å². The molecule has 0 amide bonds. The van der Waals surface area contributed by atoms with Gasteiger partial charge in [-0.15, -0.1) is 0 Å². The van der Waals surface area contributed by atoms with E-state index in [1.165, 1.54) is 0 Å². The van der Waals surface area contributed by atoms with E-state index in [1.54, 1.807) is 6.92 Å². The molecule has 4 nitrogen and oxygen atoms in total. The highest BCUT2D eigenvalue weighted by Crippen LogP contribution is 2.18. The average Bonchev–Trinajstić information content (AvgIpc) is 2.19. The first-order valence-electron chi connectivity index (χ1n) is 5.13. The molecule has 14 heavy (non-hydrogen) atoms. The number of ether oxygens (including phenoxy) is 1. The summed E-state index contributed by atoms with van der Waals surface area (Å²) in [6.07, 6.45) is 1.90. The minimum atomic E-state index is -3.06. The molecule has 84 valence electrons. The van der Waals surface area contributed by atoms with Crippen LogP contribution >= 0.6 is 0 Å². The Labute approximate surface area is 86.1 Å². The van der Waals surface area contributed by atoms with E-state index in [0.29, 0.717) is 5.92 Å². The Bertz CT molecular complexity index is 257. The predicted molar refractivity (Wildman–Crippen MR) is 55.6 cm³/mol. The van der Waals surface area contributed by atoms with Crippen LogP contribution < -0.4 is 4.72 Å². The first-order valence-corrected chi connectivity index (χ1v) is 6.78. The molecule has 0 bridgehead atoms. The fraction of sp³-hybridized carbons (Fsp3) is 1.00. The Morgan fingerprint density at radius 3 is 2.50 bits per heavy atom. The highest BCUT2D eigenvalue weighted by Gasteiger charge is 2.23. The summed E-state index contributed by atoms with van der Waals surface area (Å²) in [6, 6.07) is 0.0313. The van der Waals surface area contributed by atoms with Crippen molar-refractivity contribution in [2.45, 2.75) is 32.7 Å². The van der Waals surface area contributed by atoms with Crippen molar-refractivity contribution >= 4 is 10.0 Å². The molecule has 1 N–H and O–H groups in total. The zero-order valence-corrected chi connectivity index (χ0v) is 9.64. The average molecular weight is 221 g/mol. The maximum Gasteiger partial charge on any atom is 0.211 e. The Balaban J connectivity index is 2.44. The molecule has 0 saturated carbocycles. The standard InChI is InChI=1S/C9H19NO3S/c1-3-14(11,12)10-8(2)9-4-6-13-7-5-9/h8-10H,3-7H2,1-2H3. The molecule has 5 heteroatoms. The molecule has 1 aliphatic rings. The smallest absolute Gasteiger partial charge is 0.211 e. The maximum atomic E-state index is 11.3. The molecule has 1 heterocycles. The summed E-state index contributed by atoms with van der Waals surface area (Å²) in [5.74, 6) is 0.575. The molecule has 1 atom stereocenters. The first-order chi connectivity index (χ1) is 6.55. The lowest BCUT2D eigenvalue weighted by Gasteiger charge is -2.27. The number of nitrogens with one attached hydrogen (secondary N) is 1. The topological polar surface area (TPSA) is 55.4 Å². The SMILES string of the molecule is CCS(=O)(=O)NC(C)C1CCOCC1. The quantitative estimate of drug-likeness (QED) is 0.762. The van der Waals surface area contributed by atoms with Crippen LogP contribution in [-0.4, -0.2) is 33.4 Å². The number of hydrogen-bond acceptors (Lipinski definition) is 3. The van der Waals surface area contributed by atoms with E-state index in [-0.39, 0.29) is 11.8 Å². The lowest BCUT2D eigenvalue weighted by molar-refractivity contribution is 0.0586. The van der Waals surface area contributed by atoms with Crippen molar-refractivity contribution < 1.29 is 13.2 Å². The van der Waals surface area contributed by atoms with E-state index in [0.717, 1.165) is 26.1 Å². The van der Waals surface area contributed by atoms with Gasteiger partial charge in [-0.05, 0) is 32.6 Å². The third-order valence-electron chi connectivity index (χ3n) is 2.72. The van der Waals surface area contributed by atoms with E-state index in [2.05, 4.69) is 4.72 Å². The second-order valence-electron chi connectivity index (χ2n) is 3.76. The molecular weight excluding hydrogens is 202 g/mol. The Kier molecular flexibility index (Phi) is 4.34. The molecule has 0 aliphatic carbocycles. The van der Waals surface area contributed by atoms with Gasteiger partial charge in [-0.2, -0.15) is 0 Å². The van der Waals surface area contributed by atoms with Crippen molar-refractivity contribution in [3.05, 3.63) is 0 Å². The van der Waals surface area contributed by atoms with Crippen molar-refractivity contribution in [1.29, 1.82) is 0 Å². The van der Waals surface area contributed by atoms with Crippen molar-refractivity contribution in [2.24, 2.45) is 5.92 Å². The maximum absolute atomic E-state index is 11.3. The molecule has 1 unspecified atom stereocenters. The van der Waals surface area contributed by atoms with Crippen LogP contribution in [0.2, 0.25) is 0 Å². The van der Waals surface area contributed by atoms with Gasteiger partial charge < -0.3 is 4.74 Å². The molecule has 0 aromatic heterocycles. The summed E-state index contributed by atoms with van der Waals surface area (Å²) >= 11 is 0. The van der Waals surface area contributed by atoms with Crippen molar-refractivity contribution in [1.82, 2.24) is 4.72 Å². The predicted octanol–water partition coefficient (Wildman–Crippen LogP) is 0.741. The van der Waals surface area contributed by atoms with Gasteiger partial charge in [0.15, 0.2) is 0 Å². The minimum Gasteiger partial charge on any atom is -0.381 e. The Morgan fingerprint density at radius 2 is 2.00 bits per heavy atom. The fourth-order valence-electron chi connectivity index (χ4n) is 1.68. The normalized spacial score (nSPS) is 22.1. The lowest BCUT2D eigenvalue weighted by atomic mass is 9.94. The molecule has 0 aromatic rings. The molecule has 0 radical (unpaired) electrons. The van der Waals surface area contributed by atoms with E-state index >= 15 is 0 Å². The molecule has 1 aliphatic heterocycles. The first kappa shape index (κ1) is 11.9. The lowest BCUT2D eigenvalue weighted by Crippen LogP contribution is -2.40. The van der Waals surface area contributed by atoms with Crippen LogP contribution in [0.25, 0.3) is 0 Å². The molecule has 1 rings (SSSR count). The molecule has 1 saturated heterocycles. The molecule has 1 fully saturated rings. The summed E-state index contributed by atoms with van der Waals surface area (Å²) < 4.78 is 30.5. The minimum absolute atomic E-state index is 0.0313. The Hall–Kier alpha value is -0.130. The third-order valence-corrected chi connectivity index (χ3v) is 4.21. The Morgan fingerprint density at radius 1 is 1.43 bits per heavy atom. The van der Waals surface area contributed by atoms with Gasteiger partial charge >= 0.3 is 0 Å². The molecular formula is C9H19NO3S. The molecule has 0 spiro atoms. The fourth-order valence-corrected chi connectivity index (χ4v) is 2.60. The monoisotopic (exact) mass is 221 g/mol. The van der Waals surface area contributed by atoms with Crippen LogP contribution in [0.3, 0.4) is 0 Å². The van der Waals surface area contributed by atoms with Gasteiger partial charge in [-0.25, -0.2) is 13.1 Å². The van der Waals surface area contributed by atoms with Crippen LogP contribution in [0, 0.1) is 5.92 Å². The molecule has 0 aromatic carbocycles. The third kappa shape index (κ3) is 3.55. The van der Waals surface area contributed by atoms with Crippen molar-refractivity contribution in [2.75, 3.05) is 19.0 Å². The van der Waals surface area contributed by atoms with Gasteiger partial charge in [0.2, 0.25) is 10.0 Å².